The molecule has 0 aliphatic rings. The van der Waals surface area contributed by atoms with Crippen molar-refractivity contribution in [3.8, 4) is 0 Å². The van der Waals surface area contributed by atoms with E-state index in [-0.39, 0.29) is 0 Å². The fraction of sp³-hybridized carbons (Fsp3) is 0.750. The second-order valence-electron chi connectivity index (χ2n) is 6.13. The summed E-state index contributed by atoms with van der Waals surface area (Å²) in [5, 5.41) is 3.41. The largest absolute Gasteiger partial charge is 0.370 e. The summed E-state index contributed by atoms with van der Waals surface area (Å²) in [4.78, 5) is 11.6. The SMILES string of the molecule is CCCNc1nc(C)nc(N(CC(C)C)C(C)C)c1C. The number of rotatable bonds is 7. The summed E-state index contributed by atoms with van der Waals surface area (Å²) >= 11 is 0. The molecule has 114 valence electrons. The minimum Gasteiger partial charge on any atom is -0.370 e. The molecule has 20 heavy (non-hydrogen) atoms. The second-order valence-corrected chi connectivity index (χ2v) is 6.13. The van der Waals surface area contributed by atoms with Gasteiger partial charge in [0.15, 0.2) is 0 Å². The van der Waals surface area contributed by atoms with Crippen molar-refractivity contribution in [1.82, 2.24) is 9.97 Å². The second kappa shape index (κ2) is 7.46. The fourth-order valence-corrected chi connectivity index (χ4v) is 2.24. The van der Waals surface area contributed by atoms with Crippen molar-refractivity contribution >= 4 is 11.6 Å². The smallest absolute Gasteiger partial charge is 0.137 e. The summed E-state index contributed by atoms with van der Waals surface area (Å²) in [5.74, 6) is 3.49. The maximum atomic E-state index is 4.69. The highest BCUT2D eigenvalue weighted by atomic mass is 15.2. The number of nitrogens with zero attached hydrogens (tertiary/aromatic N) is 3. The molecule has 0 amide bonds. The van der Waals surface area contributed by atoms with Gasteiger partial charge in [-0.25, -0.2) is 9.97 Å². The van der Waals surface area contributed by atoms with Gasteiger partial charge in [-0.15, -0.1) is 0 Å². The van der Waals surface area contributed by atoms with Gasteiger partial charge in [-0.2, -0.15) is 0 Å². The molecule has 1 aromatic rings. The van der Waals surface area contributed by atoms with Gasteiger partial charge in [0, 0.05) is 24.7 Å². The van der Waals surface area contributed by atoms with Gasteiger partial charge in [-0.05, 0) is 40.0 Å². The number of aryl methyl sites for hydroxylation is 1. The van der Waals surface area contributed by atoms with Gasteiger partial charge in [0.05, 0.1) is 0 Å². The van der Waals surface area contributed by atoms with Crippen LogP contribution < -0.4 is 10.2 Å². The van der Waals surface area contributed by atoms with Crippen molar-refractivity contribution in [2.75, 3.05) is 23.3 Å². The average Bonchev–Trinajstić information content (AvgIpc) is 2.36. The molecule has 0 fully saturated rings. The van der Waals surface area contributed by atoms with Crippen LogP contribution in [0.4, 0.5) is 11.6 Å². The van der Waals surface area contributed by atoms with Crippen LogP contribution >= 0.6 is 0 Å². The summed E-state index contributed by atoms with van der Waals surface area (Å²) in [6.07, 6.45) is 1.09. The molecule has 0 aliphatic heterocycles. The van der Waals surface area contributed by atoms with Gasteiger partial charge in [0.1, 0.15) is 17.5 Å². The Hall–Kier alpha value is -1.32. The Morgan fingerprint density at radius 3 is 2.25 bits per heavy atom. The zero-order valence-corrected chi connectivity index (χ0v) is 14.1. The van der Waals surface area contributed by atoms with E-state index in [1.165, 1.54) is 0 Å². The van der Waals surface area contributed by atoms with Gasteiger partial charge in [-0.3, -0.25) is 0 Å². The molecule has 1 rings (SSSR count). The zero-order chi connectivity index (χ0) is 15.3. The van der Waals surface area contributed by atoms with Crippen molar-refractivity contribution in [2.45, 2.75) is 60.9 Å². The third-order valence-electron chi connectivity index (χ3n) is 3.23. The first kappa shape index (κ1) is 16.7. The Labute approximate surface area is 124 Å². The molecule has 0 unspecified atom stereocenters. The van der Waals surface area contributed by atoms with Crippen LogP contribution in [0, 0.1) is 19.8 Å². The standard InChI is InChI=1S/C16H30N4/c1-8-9-17-15-13(6)16(19-14(7)18-15)20(12(4)5)10-11(2)3/h11-12H,8-10H2,1-7H3,(H,17,18,19). The molecule has 0 spiro atoms. The first-order valence-electron chi connectivity index (χ1n) is 7.72. The lowest BCUT2D eigenvalue weighted by atomic mass is 10.1. The number of aromatic nitrogens is 2. The summed E-state index contributed by atoms with van der Waals surface area (Å²) in [5.41, 5.74) is 1.15. The molecule has 1 N–H and O–H groups in total. The van der Waals surface area contributed by atoms with Crippen molar-refractivity contribution in [1.29, 1.82) is 0 Å². The molecular weight excluding hydrogens is 248 g/mol. The third kappa shape index (κ3) is 4.36. The number of hydrogen-bond donors (Lipinski definition) is 1. The fourth-order valence-electron chi connectivity index (χ4n) is 2.24. The van der Waals surface area contributed by atoms with Gasteiger partial charge >= 0.3 is 0 Å². The third-order valence-corrected chi connectivity index (χ3v) is 3.23. The van der Waals surface area contributed by atoms with Crippen molar-refractivity contribution in [3.05, 3.63) is 11.4 Å². The van der Waals surface area contributed by atoms with E-state index in [1.807, 2.05) is 6.92 Å². The maximum absolute atomic E-state index is 4.69. The maximum Gasteiger partial charge on any atom is 0.137 e. The van der Waals surface area contributed by atoms with E-state index < -0.39 is 0 Å². The minimum atomic E-state index is 0.435. The molecule has 0 atom stereocenters. The molecule has 0 aliphatic carbocycles. The molecule has 0 saturated carbocycles. The van der Waals surface area contributed by atoms with E-state index in [1.54, 1.807) is 0 Å². The Morgan fingerprint density at radius 2 is 1.75 bits per heavy atom. The quantitative estimate of drug-likeness (QED) is 0.824. The molecule has 0 aromatic carbocycles. The van der Waals surface area contributed by atoms with E-state index in [9.17, 15) is 0 Å². The predicted octanol–water partition coefficient (Wildman–Crippen LogP) is 3.79. The Bertz CT molecular complexity index is 427. The zero-order valence-electron chi connectivity index (χ0n) is 14.1. The highest BCUT2D eigenvalue weighted by molar-refractivity contribution is 5.59. The van der Waals surface area contributed by atoms with E-state index >= 15 is 0 Å². The minimum absolute atomic E-state index is 0.435. The molecule has 1 heterocycles. The highest BCUT2D eigenvalue weighted by Gasteiger charge is 2.18. The summed E-state index contributed by atoms with van der Waals surface area (Å²) in [6, 6.07) is 0.435. The Morgan fingerprint density at radius 1 is 1.10 bits per heavy atom. The highest BCUT2D eigenvalue weighted by Crippen LogP contribution is 2.26. The molecule has 0 saturated heterocycles. The topological polar surface area (TPSA) is 41.1 Å². The van der Waals surface area contributed by atoms with Gasteiger partial charge < -0.3 is 10.2 Å². The lowest BCUT2D eigenvalue weighted by molar-refractivity contribution is 0.564. The number of nitrogens with one attached hydrogen (secondary N) is 1. The Balaban J connectivity index is 3.16. The van der Waals surface area contributed by atoms with E-state index in [4.69, 9.17) is 4.98 Å². The van der Waals surface area contributed by atoms with Gasteiger partial charge in [0.25, 0.3) is 0 Å². The monoisotopic (exact) mass is 278 g/mol. The van der Waals surface area contributed by atoms with Crippen LogP contribution in [0.5, 0.6) is 0 Å². The van der Waals surface area contributed by atoms with Gasteiger partial charge in [0.2, 0.25) is 0 Å². The number of hydrogen-bond acceptors (Lipinski definition) is 4. The Kier molecular flexibility index (Phi) is 6.24. The van der Waals surface area contributed by atoms with Crippen LogP contribution in [0.2, 0.25) is 0 Å². The number of anilines is 2. The van der Waals surface area contributed by atoms with Crippen LogP contribution in [0.25, 0.3) is 0 Å². The lowest BCUT2D eigenvalue weighted by Crippen LogP contribution is -2.35. The first-order chi connectivity index (χ1) is 9.36. The lowest BCUT2D eigenvalue weighted by Gasteiger charge is -2.31. The summed E-state index contributed by atoms with van der Waals surface area (Å²) in [6.45, 7) is 17.1. The average molecular weight is 278 g/mol. The van der Waals surface area contributed by atoms with E-state index in [2.05, 4.69) is 56.7 Å². The van der Waals surface area contributed by atoms with Crippen molar-refractivity contribution in [2.24, 2.45) is 5.92 Å². The van der Waals surface area contributed by atoms with Crippen LogP contribution in [0.3, 0.4) is 0 Å². The van der Waals surface area contributed by atoms with Crippen molar-refractivity contribution < 1.29 is 0 Å². The van der Waals surface area contributed by atoms with E-state index in [0.717, 1.165) is 42.5 Å². The molecule has 1 aromatic heterocycles. The van der Waals surface area contributed by atoms with E-state index in [0.29, 0.717) is 12.0 Å². The molecule has 4 heteroatoms. The molecule has 0 radical (unpaired) electrons. The van der Waals surface area contributed by atoms with Crippen LogP contribution in [0.1, 0.15) is 52.4 Å². The molecule has 0 bridgehead atoms. The first-order valence-corrected chi connectivity index (χ1v) is 7.72. The van der Waals surface area contributed by atoms with Crippen LogP contribution in [0.15, 0.2) is 0 Å². The van der Waals surface area contributed by atoms with Crippen LogP contribution in [-0.2, 0) is 0 Å². The summed E-state index contributed by atoms with van der Waals surface area (Å²) < 4.78 is 0. The predicted molar refractivity (Wildman–Crippen MR) is 87.6 cm³/mol. The molecular formula is C16H30N4. The van der Waals surface area contributed by atoms with Gasteiger partial charge in [-0.1, -0.05) is 20.8 Å². The van der Waals surface area contributed by atoms with Crippen LogP contribution in [-0.4, -0.2) is 29.1 Å². The summed E-state index contributed by atoms with van der Waals surface area (Å²) in [7, 11) is 0. The van der Waals surface area contributed by atoms with Crippen molar-refractivity contribution in [3.63, 3.8) is 0 Å². The normalized spacial score (nSPS) is 11.2. The molecule has 4 nitrogen and oxygen atoms in total.